The standard InChI is InChI=1S/C10H12O2S/c11-9-5-4-8(7-10(9)12)3-1-2-6-13/h1,3-5,7,11-13H,2,6H2. The van der Waals surface area contributed by atoms with Gasteiger partial charge in [0.1, 0.15) is 0 Å². The number of phenolic OH excluding ortho intramolecular Hbond substituents is 2. The first-order chi connectivity index (χ1) is 6.24. The first-order valence-electron chi connectivity index (χ1n) is 4.03. The molecule has 70 valence electrons. The summed E-state index contributed by atoms with van der Waals surface area (Å²) in [7, 11) is 0. The van der Waals surface area contributed by atoms with Gasteiger partial charge in [-0.2, -0.15) is 12.6 Å². The molecule has 0 atom stereocenters. The summed E-state index contributed by atoms with van der Waals surface area (Å²) < 4.78 is 0. The van der Waals surface area contributed by atoms with Gasteiger partial charge >= 0.3 is 0 Å². The molecule has 0 heterocycles. The van der Waals surface area contributed by atoms with Crippen molar-refractivity contribution in [1.29, 1.82) is 0 Å². The van der Waals surface area contributed by atoms with Crippen molar-refractivity contribution >= 4 is 18.7 Å². The lowest BCUT2D eigenvalue weighted by Crippen LogP contribution is -1.73. The largest absolute Gasteiger partial charge is 0.504 e. The van der Waals surface area contributed by atoms with E-state index in [-0.39, 0.29) is 11.5 Å². The van der Waals surface area contributed by atoms with Crippen LogP contribution in [0.5, 0.6) is 11.5 Å². The van der Waals surface area contributed by atoms with Crippen LogP contribution >= 0.6 is 12.6 Å². The van der Waals surface area contributed by atoms with Crippen molar-refractivity contribution in [2.75, 3.05) is 5.75 Å². The summed E-state index contributed by atoms with van der Waals surface area (Å²) in [5, 5.41) is 18.2. The third-order valence-corrected chi connectivity index (χ3v) is 1.86. The molecule has 0 bridgehead atoms. The summed E-state index contributed by atoms with van der Waals surface area (Å²) in [6.07, 6.45) is 4.75. The molecular weight excluding hydrogens is 184 g/mol. The maximum atomic E-state index is 9.16. The van der Waals surface area contributed by atoms with Crippen molar-refractivity contribution < 1.29 is 10.2 Å². The van der Waals surface area contributed by atoms with Gasteiger partial charge in [-0.25, -0.2) is 0 Å². The lowest BCUT2D eigenvalue weighted by molar-refractivity contribution is 0.403. The Kier molecular flexibility index (Phi) is 3.71. The number of thiol groups is 1. The van der Waals surface area contributed by atoms with Crippen LogP contribution < -0.4 is 0 Å². The third kappa shape index (κ3) is 3.03. The number of hydrogen-bond acceptors (Lipinski definition) is 3. The number of aromatic hydroxyl groups is 2. The minimum atomic E-state index is -0.0913. The molecule has 0 unspecified atom stereocenters. The van der Waals surface area contributed by atoms with E-state index < -0.39 is 0 Å². The molecule has 0 aliphatic carbocycles. The number of benzene rings is 1. The van der Waals surface area contributed by atoms with Gasteiger partial charge in [-0.15, -0.1) is 0 Å². The molecule has 0 aliphatic rings. The third-order valence-electron chi connectivity index (χ3n) is 1.61. The van der Waals surface area contributed by atoms with Gasteiger partial charge in [0, 0.05) is 0 Å². The fourth-order valence-electron chi connectivity index (χ4n) is 0.938. The fourth-order valence-corrected chi connectivity index (χ4v) is 1.09. The van der Waals surface area contributed by atoms with Crippen molar-refractivity contribution in [1.82, 2.24) is 0 Å². The molecule has 1 aromatic rings. The normalized spacial score (nSPS) is 10.8. The van der Waals surface area contributed by atoms with E-state index in [0.717, 1.165) is 17.7 Å². The molecule has 0 aromatic heterocycles. The first kappa shape index (κ1) is 9.99. The Balaban J connectivity index is 2.73. The highest BCUT2D eigenvalue weighted by atomic mass is 32.1. The monoisotopic (exact) mass is 196 g/mol. The number of hydrogen-bond donors (Lipinski definition) is 3. The van der Waals surface area contributed by atoms with Gasteiger partial charge < -0.3 is 10.2 Å². The molecule has 0 amide bonds. The van der Waals surface area contributed by atoms with Gasteiger partial charge in [-0.05, 0) is 29.9 Å². The van der Waals surface area contributed by atoms with Gasteiger partial charge in [0.05, 0.1) is 0 Å². The van der Waals surface area contributed by atoms with Crippen LogP contribution in [-0.2, 0) is 0 Å². The molecule has 1 aromatic carbocycles. The predicted octanol–water partition coefficient (Wildman–Crippen LogP) is 2.43. The van der Waals surface area contributed by atoms with E-state index in [1.807, 2.05) is 12.2 Å². The van der Waals surface area contributed by atoms with E-state index >= 15 is 0 Å². The van der Waals surface area contributed by atoms with Crippen LogP contribution in [0.1, 0.15) is 12.0 Å². The molecule has 3 heteroatoms. The average molecular weight is 196 g/mol. The molecule has 2 nitrogen and oxygen atoms in total. The fraction of sp³-hybridized carbons (Fsp3) is 0.200. The van der Waals surface area contributed by atoms with E-state index in [2.05, 4.69) is 12.6 Å². The van der Waals surface area contributed by atoms with Gasteiger partial charge in [0.15, 0.2) is 11.5 Å². The molecule has 0 saturated heterocycles. The van der Waals surface area contributed by atoms with Crippen LogP contribution in [-0.4, -0.2) is 16.0 Å². The number of phenols is 2. The van der Waals surface area contributed by atoms with E-state index in [4.69, 9.17) is 10.2 Å². The Labute approximate surface area is 82.9 Å². The summed E-state index contributed by atoms with van der Waals surface area (Å²) >= 11 is 4.06. The summed E-state index contributed by atoms with van der Waals surface area (Å²) in [4.78, 5) is 0. The van der Waals surface area contributed by atoms with E-state index in [9.17, 15) is 0 Å². The van der Waals surface area contributed by atoms with Gasteiger partial charge in [0.25, 0.3) is 0 Å². The molecular formula is C10H12O2S. The van der Waals surface area contributed by atoms with Gasteiger partial charge in [-0.3, -0.25) is 0 Å². The predicted molar refractivity (Wildman–Crippen MR) is 57.3 cm³/mol. The number of rotatable bonds is 3. The highest BCUT2D eigenvalue weighted by Gasteiger charge is 1.96. The average Bonchev–Trinajstić information content (AvgIpc) is 2.12. The second kappa shape index (κ2) is 4.82. The molecule has 0 aliphatic heterocycles. The van der Waals surface area contributed by atoms with Crippen molar-refractivity contribution in [2.24, 2.45) is 0 Å². The van der Waals surface area contributed by atoms with E-state index in [1.165, 1.54) is 12.1 Å². The first-order valence-corrected chi connectivity index (χ1v) is 4.66. The van der Waals surface area contributed by atoms with Crippen molar-refractivity contribution in [3.8, 4) is 11.5 Å². The quantitative estimate of drug-likeness (QED) is 0.513. The molecule has 0 spiro atoms. The summed E-state index contributed by atoms with van der Waals surface area (Å²) in [6.45, 7) is 0. The molecule has 13 heavy (non-hydrogen) atoms. The van der Waals surface area contributed by atoms with Crippen LogP contribution in [0, 0.1) is 0 Å². The molecule has 0 radical (unpaired) electrons. The zero-order valence-corrected chi connectivity index (χ0v) is 8.04. The highest BCUT2D eigenvalue weighted by molar-refractivity contribution is 7.80. The molecule has 2 N–H and O–H groups in total. The second-order valence-electron chi connectivity index (χ2n) is 2.66. The zero-order chi connectivity index (χ0) is 9.68. The van der Waals surface area contributed by atoms with E-state index in [0.29, 0.717) is 0 Å². The molecule has 0 saturated carbocycles. The van der Waals surface area contributed by atoms with Crippen molar-refractivity contribution in [2.45, 2.75) is 6.42 Å². The topological polar surface area (TPSA) is 40.5 Å². The maximum Gasteiger partial charge on any atom is 0.157 e. The smallest absolute Gasteiger partial charge is 0.157 e. The summed E-state index contributed by atoms with van der Waals surface area (Å²) in [5.74, 6) is 0.625. The van der Waals surface area contributed by atoms with Gasteiger partial charge in [-0.1, -0.05) is 18.2 Å². The Morgan fingerprint density at radius 1 is 1.23 bits per heavy atom. The van der Waals surface area contributed by atoms with Crippen LogP contribution in [0.25, 0.3) is 6.08 Å². The lowest BCUT2D eigenvalue weighted by atomic mass is 10.2. The maximum absolute atomic E-state index is 9.16. The Morgan fingerprint density at radius 2 is 2.00 bits per heavy atom. The summed E-state index contributed by atoms with van der Waals surface area (Å²) in [6, 6.07) is 4.73. The highest BCUT2D eigenvalue weighted by Crippen LogP contribution is 2.25. The van der Waals surface area contributed by atoms with Crippen LogP contribution in [0.15, 0.2) is 24.3 Å². The zero-order valence-electron chi connectivity index (χ0n) is 7.14. The second-order valence-corrected chi connectivity index (χ2v) is 3.11. The SMILES string of the molecule is Oc1ccc(C=CCCS)cc1O. The Morgan fingerprint density at radius 3 is 2.62 bits per heavy atom. The molecule has 1 rings (SSSR count). The van der Waals surface area contributed by atoms with Crippen molar-refractivity contribution in [3.63, 3.8) is 0 Å². The van der Waals surface area contributed by atoms with Crippen molar-refractivity contribution in [3.05, 3.63) is 29.8 Å². The Hall–Kier alpha value is -1.09. The van der Waals surface area contributed by atoms with Crippen LogP contribution in [0.4, 0.5) is 0 Å². The van der Waals surface area contributed by atoms with Gasteiger partial charge in [0.2, 0.25) is 0 Å². The summed E-state index contributed by atoms with van der Waals surface area (Å²) in [5.41, 5.74) is 0.872. The Bertz CT molecular complexity index is 308. The van der Waals surface area contributed by atoms with E-state index in [1.54, 1.807) is 6.07 Å². The van der Waals surface area contributed by atoms with Crippen LogP contribution in [0.3, 0.4) is 0 Å². The minimum Gasteiger partial charge on any atom is -0.504 e. The lowest BCUT2D eigenvalue weighted by Gasteiger charge is -1.97. The van der Waals surface area contributed by atoms with Crippen LogP contribution in [0.2, 0.25) is 0 Å². The molecule has 0 fully saturated rings. The number of allylic oxidation sites excluding steroid dienone is 1. The minimum absolute atomic E-state index is 0.0898.